The van der Waals surface area contributed by atoms with Gasteiger partial charge in [-0.05, 0) is 64.5 Å². The fourth-order valence-electron chi connectivity index (χ4n) is 3.29. The number of amidine groups is 1. The van der Waals surface area contributed by atoms with Crippen molar-refractivity contribution in [3.8, 4) is 0 Å². The monoisotopic (exact) mass is 511 g/mol. The van der Waals surface area contributed by atoms with Gasteiger partial charge in [0, 0.05) is 5.69 Å². The van der Waals surface area contributed by atoms with Crippen LogP contribution in [0.1, 0.15) is 11.1 Å². The molecule has 166 valence electrons. The molecule has 0 spiro atoms. The molecule has 7 nitrogen and oxygen atoms in total. The molecule has 2 heterocycles. The van der Waals surface area contributed by atoms with E-state index in [0.29, 0.717) is 40.2 Å². The molecule has 1 aliphatic rings. The third-order valence-corrected chi connectivity index (χ3v) is 5.40. The largest absolute Gasteiger partial charge is 0.448 e. The molecule has 1 aromatic heterocycles. The normalized spacial score (nSPS) is 15.8. The lowest BCUT2D eigenvalue weighted by Crippen LogP contribution is -2.45. The van der Waals surface area contributed by atoms with Crippen LogP contribution in [0, 0.1) is 11.2 Å². The summed E-state index contributed by atoms with van der Waals surface area (Å²) in [6.45, 7) is 0. The molecule has 1 aliphatic heterocycles. The molecule has 12 heteroatoms. The summed E-state index contributed by atoms with van der Waals surface area (Å²) in [5.41, 5.74) is 4.69. The van der Waals surface area contributed by atoms with Crippen molar-refractivity contribution >= 4 is 50.7 Å². The topological polar surface area (TPSA) is 98.6 Å². The predicted molar refractivity (Wildman–Crippen MR) is 114 cm³/mol. The van der Waals surface area contributed by atoms with Crippen LogP contribution in [0.15, 0.2) is 59.2 Å². The quantitative estimate of drug-likeness (QED) is 0.242. The molecule has 0 saturated carbocycles. The Morgan fingerprint density at radius 3 is 2.50 bits per heavy atom. The van der Waals surface area contributed by atoms with Crippen molar-refractivity contribution in [1.82, 2.24) is 0 Å². The minimum absolute atomic E-state index is 0.0473. The van der Waals surface area contributed by atoms with Crippen LogP contribution in [0.4, 0.5) is 45.3 Å². The van der Waals surface area contributed by atoms with E-state index in [2.05, 4.69) is 21.2 Å². The fraction of sp³-hybridized carbons (Fsp3) is 0.100. The SMILES string of the molecule is N=C1c2ccoc2NC(Br)N1c1ccc(N(C(N)=O)c2cc(C(F)(F)F)ccc2F)cc1. The van der Waals surface area contributed by atoms with Crippen LogP contribution in [0.25, 0.3) is 0 Å². The molecular weight excluding hydrogens is 498 g/mol. The van der Waals surface area contributed by atoms with Crippen molar-refractivity contribution in [2.45, 2.75) is 11.3 Å². The van der Waals surface area contributed by atoms with Gasteiger partial charge in [-0.15, -0.1) is 0 Å². The Morgan fingerprint density at radius 2 is 1.88 bits per heavy atom. The Balaban J connectivity index is 1.70. The molecular formula is C20H14BrF4N5O2. The Kier molecular flexibility index (Phi) is 5.33. The molecule has 4 N–H and O–H groups in total. The van der Waals surface area contributed by atoms with Crippen molar-refractivity contribution in [1.29, 1.82) is 5.41 Å². The lowest BCUT2D eigenvalue weighted by atomic mass is 10.1. The van der Waals surface area contributed by atoms with Gasteiger partial charge in [0.1, 0.15) is 11.7 Å². The third kappa shape index (κ3) is 3.77. The van der Waals surface area contributed by atoms with E-state index < -0.39 is 34.4 Å². The molecule has 2 amide bonds. The van der Waals surface area contributed by atoms with Gasteiger partial charge >= 0.3 is 12.2 Å². The van der Waals surface area contributed by atoms with Gasteiger partial charge in [0.15, 0.2) is 5.08 Å². The number of nitrogens with zero attached hydrogens (tertiary/aromatic N) is 2. The Morgan fingerprint density at radius 1 is 1.19 bits per heavy atom. The van der Waals surface area contributed by atoms with Crippen molar-refractivity contribution in [3.05, 3.63) is 71.7 Å². The first kappa shape index (κ1) is 21.7. The lowest BCUT2D eigenvalue weighted by Gasteiger charge is -2.34. The molecule has 0 saturated heterocycles. The van der Waals surface area contributed by atoms with E-state index in [1.807, 2.05) is 0 Å². The number of nitrogens with one attached hydrogen (secondary N) is 2. The van der Waals surface area contributed by atoms with E-state index in [4.69, 9.17) is 15.6 Å². The summed E-state index contributed by atoms with van der Waals surface area (Å²) < 4.78 is 58.9. The Labute approximate surface area is 187 Å². The number of hydrogen-bond donors (Lipinski definition) is 3. The van der Waals surface area contributed by atoms with Crippen LogP contribution in [0.2, 0.25) is 0 Å². The number of halogens is 5. The van der Waals surface area contributed by atoms with Gasteiger partial charge in [0.25, 0.3) is 0 Å². The van der Waals surface area contributed by atoms with Gasteiger partial charge in [0.05, 0.1) is 28.8 Å². The first-order valence-electron chi connectivity index (χ1n) is 9.00. The van der Waals surface area contributed by atoms with Gasteiger partial charge in [-0.1, -0.05) is 0 Å². The molecule has 0 bridgehead atoms. The number of primary amides is 1. The fourth-order valence-corrected chi connectivity index (χ4v) is 3.94. The van der Waals surface area contributed by atoms with Crippen LogP contribution in [0.3, 0.4) is 0 Å². The second-order valence-electron chi connectivity index (χ2n) is 6.72. The van der Waals surface area contributed by atoms with Crippen LogP contribution in [-0.2, 0) is 6.18 Å². The van der Waals surface area contributed by atoms with Crippen LogP contribution < -0.4 is 20.9 Å². The number of alkyl halides is 4. The summed E-state index contributed by atoms with van der Waals surface area (Å²) in [5, 5.41) is 10.9. The molecule has 1 atom stereocenters. The molecule has 2 aromatic carbocycles. The average molecular weight is 512 g/mol. The maximum Gasteiger partial charge on any atom is 0.416 e. The van der Waals surface area contributed by atoms with Gasteiger partial charge in [-0.2, -0.15) is 13.2 Å². The summed E-state index contributed by atoms with van der Waals surface area (Å²) in [4.78, 5) is 14.3. The number of urea groups is 1. The van der Waals surface area contributed by atoms with Crippen molar-refractivity contribution in [2.24, 2.45) is 5.73 Å². The number of anilines is 4. The highest BCUT2D eigenvalue weighted by molar-refractivity contribution is 9.09. The number of benzene rings is 2. The van der Waals surface area contributed by atoms with E-state index in [1.165, 1.54) is 30.5 Å². The van der Waals surface area contributed by atoms with E-state index in [1.54, 1.807) is 11.0 Å². The highest BCUT2D eigenvalue weighted by atomic mass is 79.9. The molecule has 4 rings (SSSR count). The number of amides is 2. The van der Waals surface area contributed by atoms with Gasteiger partial charge in [-0.25, -0.2) is 9.18 Å². The molecule has 3 aromatic rings. The van der Waals surface area contributed by atoms with Gasteiger partial charge in [0.2, 0.25) is 5.88 Å². The maximum absolute atomic E-state index is 14.4. The second-order valence-corrected chi connectivity index (χ2v) is 7.58. The predicted octanol–water partition coefficient (Wildman–Crippen LogP) is 5.59. The van der Waals surface area contributed by atoms with Crippen LogP contribution in [-0.4, -0.2) is 16.9 Å². The highest BCUT2D eigenvalue weighted by Gasteiger charge is 2.33. The summed E-state index contributed by atoms with van der Waals surface area (Å²) in [7, 11) is 0. The Bertz CT molecular complexity index is 1200. The number of rotatable bonds is 3. The second kappa shape index (κ2) is 7.86. The van der Waals surface area contributed by atoms with Crippen molar-refractivity contribution < 1.29 is 26.8 Å². The Hall–Kier alpha value is -3.54. The first-order chi connectivity index (χ1) is 15.1. The molecule has 32 heavy (non-hydrogen) atoms. The maximum atomic E-state index is 14.4. The molecule has 0 fully saturated rings. The minimum Gasteiger partial charge on any atom is -0.448 e. The zero-order valence-electron chi connectivity index (χ0n) is 16.0. The first-order valence-corrected chi connectivity index (χ1v) is 9.92. The smallest absolute Gasteiger partial charge is 0.416 e. The zero-order valence-corrected chi connectivity index (χ0v) is 17.5. The van der Waals surface area contributed by atoms with E-state index in [0.717, 1.165) is 0 Å². The number of carbonyl (C=O) groups is 1. The standard InChI is InChI=1S/C20H14BrF4N5O2/c21-18-28-17-13(7-8-32-17)16(26)30(18)12-4-2-11(3-5-12)29(19(27)31)15-9-10(20(23,24)25)1-6-14(15)22/h1-9,18,26,28H,(H2,27,31). The zero-order chi connectivity index (χ0) is 23.2. The summed E-state index contributed by atoms with van der Waals surface area (Å²) in [5.74, 6) is -0.502. The number of nitrogens with two attached hydrogens (primary N) is 1. The number of carbonyl (C=O) groups excluding carboxylic acids is 1. The highest BCUT2D eigenvalue weighted by Crippen LogP contribution is 2.37. The van der Waals surface area contributed by atoms with E-state index >= 15 is 0 Å². The molecule has 1 unspecified atom stereocenters. The van der Waals surface area contributed by atoms with Gasteiger partial charge < -0.3 is 15.5 Å². The molecule has 0 radical (unpaired) electrons. The van der Waals surface area contributed by atoms with Crippen molar-refractivity contribution in [2.75, 3.05) is 15.1 Å². The summed E-state index contributed by atoms with van der Waals surface area (Å²) in [6.07, 6.45) is -3.29. The third-order valence-electron chi connectivity index (χ3n) is 4.76. The summed E-state index contributed by atoms with van der Waals surface area (Å²) >= 11 is 3.40. The van der Waals surface area contributed by atoms with E-state index in [9.17, 15) is 22.4 Å². The molecule has 0 aliphatic carbocycles. The lowest BCUT2D eigenvalue weighted by molar-refractivity contribution is -0.137. The minimum atomic E-state index is -4.73. The summed E-state index contributed by atoms with van der Waals surface area (Å²) in [6, 6.07) is 8.00. The van der Waals surface area contributed by atoms with Gasteiger partial charge in [-0.3, -0.25) is 15.2 Å². The van der Waals surface area contributed by atoms with Crippen LogP contribution >= 0.6 is 15.9 Å². The van der Waals surface area contributed by atoms with Crippen molar-refractivity contribution in [3.63, 3.8) is 0 Å². The van der Waals surface area contributed by atoms with E-state index in [-0.39, 0.29) is 11.5 Å². The number of furan rings is 1. The number of fused-ring (bicyclic) bond motifs is 1. The average Bonchev–Trinajstić information content (AvgIpc) is 3.18. The number of hydrogen-bond acceptors (Lipinski definition) is 4. The van der Waals surface area contributed by atoms with Crippen LogP contribution in [0.5, 0.6) is 0 Å².